The van der Waals surface area contributed by atoms with E-state index < -0.39 is 0 Å². The van der Waals surface area contributed by atoms with E-state index >= 15 is 0 Å². The molecule has 1 aliphatic rings. The summed E-state index contributed by atoms with van der Waals surface area (Å²) in [4.78, 5) is 11.9. The fourth-order valence-corrected chi connectivity index (χ4v) is 4.51. The summed E-state index contributed by atoms with van der Waals surface area (Å²) in [5, 5.41) is 0.580. The predicted octanol–water partition coefficient (Wildman–Crippen LogP) is 4.16. The molecular weight excluding hydrogens is 394 g/mol. The zero-order valence-electron chi connectivity index (χ0n) is 16.4. The molecule has 3 heterocycles. The first-order valence-corrected chi connectivity index (χ1v) is 10.7. The van der Waals surface area contributed by atoms with Crippen LogP contribution in [0.2, 0.25) is 5.02 Å². The Morgan fingerprint density at radius 2 is 1.96 bits per heavy atom. The normalized spacial score (nSPS) is 15.4. The van der Waals surface area contributed by atoms with Crippen LogP contribution in [0.15, 0.2) is 30.6 Å². The molecule has 0 atom stereocenters. The highest BCUT2D eigenvalue weighted by molar-refractivity contribution is 7.96. The van der Waals surface area contributed by atoms with E-state index in [1.807, 2.05) is 47.8 Å². The van der Waals surface area contributed by atoms with E-state index in [9.17, 15) is 0 Å². The number of hydrogen-bond donors (Lipinski definition) is 0. The second-order valence-electron chi connectivity index (χ2n) is 6.75. The van der Waals surface area contributed by atoms with Crippen LogP contribution in [0, 0.1) is 6.92 Å². The lowest BCUT2D eigenvalue weighted by Gasteiger charge is -2.34. The molecule has 1 saturated heterocycles. The van der Waals surface area contributed by atoms with Crippen molar-refractivity contribution in [3.8, 4) is 17.0 Å². The lowest BCUT2D eigenvalue weighted by Crippen LogP contribution is -2.43. The zero-order valence-corrected chi connectivity index (χ0v) is 17.9. The number of aromatic nitrogens is 3. The predicted molar refractivity (Wildman–Crippen MR) is 117 cm³/mol. The summed E-state index contributed by atoms with van der Waals surface area (Å²) in [6.45, 7) is 8.29. The van der Waals surface area contributed by atoms with E-state index in [2.05, 4.69) is 22.2 Å². The Bertz CT molecular complexity index is 984. The van der Waals surface area contributed by atoms with Gasteiger partial charge in [-0.3, -0.25) is 4.40 Å². The third-order valence-electron chi connectivity index (χ3n) is 4.96. The largest absolute Gasteiger partial charge is 0.495 e. The number of piperazine rings is 1. The van der Waals surface area contributed by atoms with Crippen LogP contribution in [0.3, 0.4) is 0 Å². The van der Waals surface area contributed by atoms with E-state index in [-0.39, 0.29) is 0 Å². The lowest BCUT2D eigenvalue weighted by molar-refractivity contribution is 0.415. The average molecular weight is 418 g/mol. The van der Waals surface area contributed by atoms with Crippen molar-refractivity contribution in [2.24, 2.45) is 0 Å². The lowest BCUT2D eigenvalue weighted by atomic mass is 10.1. The van der Waals surface area contributed by atoms with E-state index in [1.54, 1.807) is 7.11 Å². The molecule has 3 aromatic rings. The second-order valence-corrected chi connectivity index (χ2v) is 8.51. The van der Waals surface area contributed by atoms with Gasteiger partial charge < -0.3 is 9.64 Å². The fourth-order valence-electron chi connectivity index (χ4n) is 3.49. The van der Waals surface area contributed by atoms with Gasteiger partial charge in [-0.05, 0) is 30.7 Å². The molecule has 0 unspecified atom stereocenters. The molecule has 1 aromatic carbocycles. The highest BCUT2D eigenvalue weighted by Crippen LogP contribution is 2.33. The van der Waals surface area contributed by atoms with Crippen LogP contribution in [0.1, 0.15) is 12.5 Å². The van der Waals surface area contributed by atoms with Crippen LogP contribution >= 0.6 is 23.5 Å². The van der Waals surface area contributed by atoms with Gasteiger partial charge in [0.25, 0.3) is 0 Å². The van der Waals surface area contributed by atoms with Crippen LogP contribution in [0.4, 0.5) is 5.82 Å². The maximum absolute atomic E-state index is 6.32. The molecule has 0 saturated carbocycles. The van der Waals surface area contributed by atoms with Gasteiger partial charge in [0, 0.05) is 49.9 Å². The minimum Gasteiger partial charge on any atom is -0.495 e. The Kier molecular flexibility index (Phi) is 5.66. The van der Waals surface area contributed by atoms with Crippen LogP contribution in [0.5, 0.6) is 5.75 Å². The third-order valence-corrected chi connectivity index (χ3v) is 6.24. The number of halogens is 1. The molecule has 148 valence electrons. The average Bonchev–Trinajstić information content (AvgIpc) is 3.13. The molecule has 0 aliphatic carbocycles. The second kappa shape index (κ2) is 8.19. The summed E-state index contributed by atoms with van der Waals surface area (Å²) in [5.74, 6) is 3.47. The topological polar surface area (TPSA) is 45.9 Å². The van der Waals surface area contributed by atoms with Crippen molar-refractivity contribution in [2.45, 2.75) is 13.8 Å². The summed E-state index contributed by atoms with van der Waals surface area (Å²) < 4.78 is 9.69. The van der Waals surface area contributed by atoms with Crippen LogP contribution in [-0.2, 0) is 0 Å². The Labute approximate surface area is 174 Å². The Morgan fingerprint density at radius 1 is 1.18 bits per heavy atom. The van der Waals surface area contributed by atoms with Gasteiger partial charge >= 0.3 is 0 Å². The smallest absolute Gasteiger partial charge is 0.236 e. The van der Waals surface area contributed by atoms with Crippen LogP contribution in [0.25, 0.3) is 17.0 Å². The van der Waals surface area contributed by atoms with Crippen molar-refractivity contribution in [2.75, 3.05) is 43.9 Å². The van der Waals surface area contributed by atoms with Crippen molar-refractivity contribution in [1.82, 2.24) is 18.7 Å². The first-order valence-electron chi connectivity index (χ1n) is 9.42. The number of methoxy groups -OCH3 is 1. The summed E-state index contributed by atoms with van der Waals surface area (Å²) >= 11 is 8.23. The monoisotopic (exact) mass is 417 g/mol. The number of fused-ring (bicyclic) bond motifs is 1. The van der Waals surface area contributed by atoms with E-state index in [0.29, 0.717) is 16.5 Å². The summed E-state index contributed by atoms with van der Waals surface area (Å²) in [6.07, 6.45) is 4.02. The highest BCUT2D eigenvalue weighted by atomic mass is 35.5. The number of rotatable bonds is 5. The highest BCUT2D eigenvalue weighted by Gasteiger charge is 2.19. The number of ether oxygens (including phenoxy) is 1. The van der Waals surface area contributed by atoms with Gasteiger partial charge in [0.2, 0.25) is 5.78 Å². The van der Waals surface area contributed by atoms with Gasteiger partial charge in [0.05, 0.1) is 17.8 Å². The van der Waals surface area contributed by atoms with Crippen molar-refractivity contribution >= 4 is 35.1 Å². The molecule has 2 aromatic heterocycles. The SMILES string of the molecule is CCSN1CCN(c2ccn3cc(-c4cc(Cl)c(OC)cc4C)nc3n2)CC1. The van der Waals surface area contributed by atoms with Crippen molar-refractivity contribution in [3.05, 3.63) is 41.2 Å². The number of hydrogen-bond acceptors (Lipinski definition) is 6. The maximum Gasteiger partial charge on any atom is 0.236 e. The Balaban J connectivity index is 1.60. The standard InChI is InChI=1S/C20H24ClN5OS/c1-4-28-26-9-7-24(8-10-26)19-5-6-25-13-17(22-20(25)23-19)15-12-16(21)18(27-3)11-14(15)2/h5-6,11-13H,4,7-10H2,1-3H3. The van der Waals surface area contributed by atoms with Crippen molar-refractivity contribution in [3.63, 3.8) is 0 Å². The summed E-state index contributed by atoms with van der Waals surface area (Å²) in [7, 11) is 1.62. The molecule has 0 radical (unpaired) electrons. The summed E-state index contributed by atoms with van der Waals surface area (Å²) in [5.41, 5.74) is 2.91. The van der Waals surface area contributed by atoms with Gasteiger partial charge in [-0.1, -0.05) is 30.5 Å². The summed E-state index contributed by atoms with van der Waals surface area (Å²) in [6, 6.07) is 5.91. The zero-order chi connectivity index (χ0) is 19.7. The Hall–Kier alpha value is -1.96. The first kappa shape index (κ1) is 19.4. The minimum atomic E-state index is 0.580. The molecule has 0 amide bonds. The quantitative estimate of drug-likeness (QED) is 0.581. The fraction of sp³-hybridized carbons (Fsp3) is 0.400. The van der Waals surface area contributed by atoms with E-state index in [1.165, 1.54) is 0 Å². The molecular formula is C20H24ClN5OS. The van der Waals surface area contributed by atoms with Crippen LogP contribution < -0.4 is 9.64 Å². The van der Waals surface area contributed by atoms with Gasteiger partial charge in [-0.2, -0.15) is 4.98 Å². The minimum absolute atomic E-state index is 0.580. The molecule has 4 rings (SSSR count). The van der Waals surface area contributed by atoms with Gasteiger partial charge in [-0.25, -0.2) is 9.29 Å². The van der Waals surface area contributed by atoms with Gasteiger partial charge in [-0.15, -0.1) is 0 Å². The van der Waals surface area contributed by atoms with Crippen molar-refractivity contribution < 1.29 is 4.74 Å². The molecule has 1 aliphatic heterocycles. The molecule has 8 heteroatoms. The van der Waals surface area contributed by atoms with E-state index in [0.717, 1.165) is 54.6 Å². The number of aryl methyl sites for hydroxylation is 1. The number of imidazole rings is 1. The van der Waals surface area contributed by atoms with Crippen molar-refractivity contribution in [1.29, 1.82) is 0 Å². The molecule has 0 N–H and O–H groups in total. The number of anilines is 1. The Morgan fingerprint density at radius 3 is 2.68 bits per heavy atom. The number of nitrogens with zero attached hydrogens (tertiary/aromatic N) is 5. The molecule has 0 bridgehead atoms. The third kappa shape index (κ3) is 3.79. The van der Waals surface area contributed by atoms with Gasteiger partial charge in [0.1, 0.15) is 11.6 Å². The molecule has 1 fully saturated rings. The van der Waals surface area contributed by atoms with E-state index in [4.69, 9.17) is 26.3 Å². The molecule has 28 heavy (non-hydrogen) atoms. The van der Waals surface area contributed by atoms with Gasteiger partial charge in [0.15, 0.2) is 0 Å². The first-order chi connectivity index (χ1) is 13.6. The number of benzene rings is 1. The molecule has 0 spiro atoms. The van der Waals surface area contributed by atoms with Crippen LogP contribution in [-0.4, -0.2) is 57.7 Å². The molecule has 6 nitrogen and oxygen atoms in total. The maximum atomic E-state index is 6.32.